The summed E-state index contributed by atoms with van der Waals surface area (Å²) in [6.07, 6.45) is -2.28. The first-order valence-electron chi connectivity index (χ1n) is 11.5. The molecule has 0 amide bonds. The first-order valence-corrected chi connectivity index (χ1v) is 11.5. The number of hydrogen-bond acceptors (Lipinski definition) is 12. The molecule has 3 aliphatic rings. The lowest BCUT2D eigenvalue weighted by Gasteiger charge is -2.47. The average Bonchev–Trinajstić information content (AvgIpc) is 2.76. The molecular formula is C21H39N5O7. The van der Waals surface area contributed by atoms with E-state index in [-0.39, 0.29) is 19.2 Å². The van der Waals surface area contributed by atoms with Gasteiger partial charge in [-0.25, -0.2) is 0 Å². The van der Waals surface area contributed by atoms with Gasteiger partial charge in [0, 0.05) is 12.1 Å². The summed E-state index contributed by atoms with van der Waals surface area (Å²) in [6, 6.07) is -2.22. The van der Waals surface area contributed by atoms with Crippen LogP contribution in [0.1, 0.15) is 26.7 Å². The third kappa shape index (κ3) is 5.73. The molecule has 2 fully saturated rings. The van der Waals surface area contributed by atoms with E-state index in [1.165, 1.54) is 6.92 Å². The minimum absolute atomic E-state index is 0.109. The predicted octanol–water partition coefficient (Wildman–Crippen LogP) is -2.99. The Kier molecular flexibility index (Phi) is 8.83. The highest BCUT2D eigenvalue weighted by Gasteiger charge is 2.51. The van der Waals surface area contributed by atoms with Crippen molar-refractivity contribution in [1.29, 1.82) is 0 Å². The molecule has 0 aromatic carbocycles. The summed E-state index contributed by atoms with van der Waals surface area (Å²) in [5.74, 6) is 0.101. The minimum atomic E-state index is -1.38. The van der Waals surface area contributed by atoms with Gasteiger partial charge in [0.1, 0.15) is 35.7 Å². The Morgan fingerprint density at radius 1 is 1.27 bits per heavy atom. The van der Waals surface area contributed by atoms with Gasteiger partial charge in [-0.15, -0.1) is 0 Å². The van der Waals surface area contributed by atoms with Crippen LogP contribution in [-0.2, 0) is 23.7 Å². The van der Waals surface area contributed by atoms with Crippen LogP contribution in [0.15, 0.2) is 11.8 Å². The Morgan fingerprint density at radius 2 is 2.00 bits per heavy atom. The molecule has 0 radical (unpaired) electrons. The van der Waals surface area contributed by atoms with E-state index >= 15 is 0 Å². The van der Waals surface area contributed by atoms with Crippen LogP contribution in [0.5, 0.6) is 0 Å². The van der Waals surface area contributed by atoms with Gasteiger partial charge in [-0.1, -0.05) is 6.92 Å². The van der Waals surface area contributed by atoms with Gasteiger partial charge < -0.3 is 57.0 Å². The molecule has 1 saturated heterocycles. The van der Waals surface area contributed by atoms with Gasteiger partial charge in [-0.3, -0.25) is 4.79 Å². The molecule has 0 aromatic rings. The highest BCUT2D eigenvalue weighted by atomic mass is 16.7. The third-order valence-electron chi connectivity index (χ3n) is 6.45. The second-order valence-electron chi connectivity index (χ2n) is 9.14. The first-order chi connectivity index (χ1) is 15.6. The highest BCUT2D eigenvalue weighted by Crippen LogP contribution is 2.30. The number of nitrogens with two attached hydrogens (primary N) is 3. The smallest absolute Gasteiger partial charge is 0.220 e. The first kappa shape index (κ1) is 26.4. The second kappa shape index (κ2) is 11.0. The van der Waals surface area contributed by atoms with Crippen molar-refractivity contribution in [3.05, 3.63) is 11.8 Å². The molecule has 12 nitrogen and oxygen atoms in total. The Labute approximate surface area is 194 Å². The fraction of sp³-hybridized carbons (Fsp3) is 0.857. The molecule has 2 heterocycles. The van der Waals surface area contributed by atoms with E-state index in [9.17, 15) is 15.0 Å². The largest absolute Gasteiger partial charge is 0.467 e. The van der Waals surface area contributed by atoms with Crippen molar-refractivity contribution in [3.63, 3.8) is 0 Å². The molecule has 190 valence electrons. The maximum Gasteiger partial charge on any atom is 0.220 e. The van der Waals surface area contributed by atoms with E-state index < -0.39 is 60.4 Å². The summed E-state index contributed by atoms with van der Waals surface area (Å²) < 4.78 is 23.3. The number of aliphatic hydroxyl groups excluding tert-OH is 1. The number of ketones is 1. The van der Waals surface area contributed by atoms with E-state index in [1.54, 1.807) is 7.05 Å². The quantitative estimate of drug-likeness (QED) is 0.189. The van der Waals surface area contributed by atoms with Crippen LogP contribution in [0.2, 0.25) is 0 Å². The predicted molar refractivity (Wildman–Crippen MR) is 119 cm³/mol. The lowest BCUT2D eigenvalue weighted by molar-refractivity contribution is -0.263. The van der Waals surface area contributed by atoms with Gasteiger partial charge in [-0.2, -0.15) is 0 Å². The molecule has 1 saturated carbocycles. The molecule has 0 bridgehead atoms. The fourth-order valence-corrected chi connectivity index (χ4v) is 4.69. The molecule has 1 aliphatic carbocycles. The fourth-order valence-electron chi connectivity index (χ4n) is 4.69. The van der Waals surface area contributed by atoms with Crippen LogP contribution < -0.4 is 27.8 Å². The number of likely N-dealkylation sites (N-methyl/N-ethyl adjacent to an activating group) is 2. The van der Waals surface area contributed by atoms with Gasteiger partial charge in [-0.05, 0) is 39.4 Å². The summed E-state index contributed by atoms with van der Waals surface area (Å²) in [7, 11) is 1.58. The summed E-state index contributed by atoms with van der Waals surface area (Å²) in [5.41, 5.74) is 16.8. The molecule has 0 aromatic heterocycles. The van der Waals surface area contributed by atoms with Crippen molar-refractivity contribution in [2.75, 3.05) is 26.7 Å². The zero-order chi connectivity index (χ0) is 24.3. The minimum Gasteiger partial charge on any atom is -0.467 e. The number of carbonyl (C=O) groups is 1. The van der Waals surface area contributed by atoms with E-state index in [0.717, 1.165) is 0 Å². The van der Waals surface area contributed by atoms with Crippen molar-refractivity contribution in [1.82, 2.24) is 10.6 Å². The van der Waals surface area contributed by atoms with E-state index in [2.05, 4.69) is 10.6 Å². The lowest BCUT2D eigenvalue weighted by Crippen LogP contribution is -2.68. The van der Waals surface area contributed by atoms with Crippen LogP contribution in [-0.4, -0.2) is 103 Å². The van der Waals surface area contributed by atoms with Crippen molar-refractivity contribution in [2.24, 2.45) is 17.2 Å². The van der Waals surface area contributed by atoms with Crippen LogP contribution in [0.25, 0.3) is 0 Å². The molecule has 3 rings (SSSR count). The summed E-state index contributed by atoms with van der Waals surface area (Å²) in [5, 5.41) is 27.8. The van der Waals surface area contributed by atoms with Crippen molar-refractivity contribution in [3.8, 4) is 0 Å². The van der Waals surface area contributed by atoms with Gasteiger partial charge in [0.2, 0.25) is 18.4 Å². The topological polar surface area (TPSA) is 197 Å². The molecule has 2 aliphatic heterocycles. The van der Waals surface area contributed by atoms with Crippen LogP contribution >= 0.6 is 0 Å². The number of rotatable bonds is 8. The number of ether oxygens (including phenoxy) is 4. The van der Waals surface area contributed by atoms with Gasteiger partial charge in [0.05, 0.1) is 19.2 Å². The molecule has 0 unspecified atom stereocenters. The van der Waals surface area contributed by atoms with Crippen molar-refractivity contribution < 1.29 is 34.0 Å². The lowest BCUT2D eigenvalue weighted by atomic mass is 9.83. The van der Waals surface area contributed by atoms with Gasteiger partial charge >= 0.3 is 0 Å². The Bertz CT molecular complexity index is 708. The van der Waals surface area contributed by atoms with Crippen LogP contribution in [0.4, 0.5) is 0 Å². The molecule has 0 spiro atoms. The van der Waals surface area contributed by atoms with Crippen molar-refractivity contribution in [2.45, 2.75) is 87.3 Å². The number of hydrogen-bond donors (Lipinski definition) is 7. The number of aliphatic hydroxyl groups is 2. The molecule has 10 N–H and O–H groups in total. The monoisotopic (exact) mass is 473 g/mol. The number of carbonyl (C=O) groups excluding carboxylic acids is 1. The second-order valence-corrected chi connectivity index (χ2v) is 9.14. The van der Waals surface area contributed by atoms with Crippen LogP contribution in [0, 0.1) is 0 Å². The summed E-state index contributed by atoms with van der Waals surface area (Å²) >= 11 is 0. The van der Waals surface area contributed by atoms with Gasteiger partial charge in [0.25, 0.3) is 0 Å². The van der Waals surface area contributed by atoms with E-state index in [4.69, 9.17) is 36.1 Å². The average molecular weight is 474 g/mol. The van der Waals surface area contributed by atoms with Crippen molar-refractivity contribution >= 4 is 5.78 Å². The normalized spacial score (nSPS) is 44.3. The van der Waals surface area contributed by atoms with Gasteiger partial charge in [0.15, 0.2) is 0 Å². The third-order valence-corrected chi connectivity index (χ3v) is 6.45. The molecular weight excluding hydrogens is 434 g/mol. The Morgan fingerprint density at radius 3 is 2.64 bits per heavy atom. The number of nitrogens with one attached hydrogen (secondary N) is 2. The van der Waals surface area contributed by atoms with E-state index in [0.29, 0.717) is 25.1 Å². The zero-order valence-electron chi connectivity index (χ0n) is 19.5. The van der Waals surface area contributed by atoms with Crippen LogP contribution in [0.3, 0.4) is 0 Å². The highest BCUT2D eigenvalue weighted by molar-refractivity contribution is 5.89. The summed E-state index contributed by atoms with van der Waals surface area (Å²) in [6.45, 7) is 4.13. The number of Topliss-reactive ketones (excluding diaryl/α,β-unsaturated/α-hetero) is 1. The Balaban J connectivity index is 1.76. The van der Waals surface area contributed by atoms with E-state index in [1.807, 2.05) is 13.0 Å². The summed E-state index contributed by atoms with van der Waals surface area (Å²) in [4.78, 5) is 12.9. The molecule has 33 heavy (non-hydrogen) atoms. The molecule has 10 atom stereocenters. The SMILES string of the molecule is CCN[C@@H]1C[C@H](N)[C@@H](O[C@H]2OC(CN)=CC[C@H]2N)[C@H](O)[C@H]1O[C@H]1OC[C@](C)(O)[C@H](NC)C1=O. The Hall–Kier alpha value is -1.19. The standard InChI is InChI=1S/C21H39N5O7/c1-4-26-13-7-12(24)16(32-19-11(23)6-5-10(8-22)31-19)14(27)17(13)33-20-15(28)18(25-3)21(2,29)9-30-20/h5,11-14,16-20,25-27,29H,4,6-9,22-24H2,1-3H3/t11-,12+,13-,14+,16-,17+,18-,19-,20-,21+/m1/s1. The molecule has 12 heteroatoms. The maximum absolute atomic E-state index is 12.9. The maximum atomic E-state index is 12.9. The zero-order valence-corrected chi connectivity index (χ0v) is 19.5.